The third-order valence-electron chi connectivity index (χ3n) is 2.11. The van der Waals surface area contributed by atoms with E-state index < -0.39 is 18.9 Å². The van der Waals surface area contributed by atoms with Gasteiger partial charge in [0.25, 0.3) is 0 Å². The highest BCUT2D eigenvalue weighted by Gasteiger charge is 2.13. The van der Waals surface area contributed by atoms with Crippen molar-refractivity contribution in [2.24, 2.45) is 0 Å². The Labute approximate surface area is 98.3 Å². The standard InChI is InChI=1S/C11H14O6/c1-15-10-5-7(8(13)6-12)3-4-9(10)17-11(14)16-2/h3-5,8,12-13H,6H2,1-2H3. The lowest BCUT2D eigenvalue weighted by atomic mass is 10.1. The van der Waals surface area contributed by atoms with E-state index in [0.717, 1.165) is 0 Å². The van der Waals surface area contributed by atoms with Gasteiger partial charge >= 0.3 is 6.16 Å². The number of hydrogen-bond acceptors (Lipinski definition) is 6. The Morgan fingerprint density at radius 1 is 1.35 bits per heavy atom. The zero-order chi connectivity index (χ0) is 12.8. The van der Waals surface area contributed by atoms with Crippen LogP contribution in [0, 0.1) is 0 Å². The van der Waals surface area contributed by atoms with Crippen LogP contribution in [0.4, 0.5) is 4.79 Å². The fourth-order valence-corrected chi connectivity index (χ4v) is 1.21. The minimum absolute atomic E-state index is 0.174. The lowest BCUT2D eigenvalue weighted by Crippen LogP contribution is -2.09. The summed E-state index contributed by atoms with van der Waals surface area (Å²) in [5.74, 6) is 0.439. The third-order valence-corrected chi connectivity index (χ3v) is 2.11. The molecule has 17 heavy (non-hydrogen) atoms. The van der Waals surface area contributed by atoms with Crippen molar-refractivity contribution in [2.45, 2.75) is 6.10 Å². The molecule has 0 amide bonds. The Hall–Kier alpha value is -1.79. The Balaban J connectivity index is 2.97. The molecule has 0 heterocycles. The molecule has 1 rings (SSSR count). The first-order valence-electron chi connectivity index (χ1n) is 4.85. The molecule has 0 aliphatic rings. The number of carbonyl (C=O) groups excluding carboxylic acids is 1. The number of carbonyl (C=O) groups is 1. The Morgan fingerprint density at radius 3 is 2.59 bits per heavy atom. The SMILES string of the molecule is COC(=O)Oc1ccc(C(O)CO)cc1OC. The number of rotatable bonds is 4. The lowest BCUT2D eigenvalue weighted by molar-refractivity contribution is 0.0952. The van der Waals surface area contributed by atoms with Gasteiger partial charge in [0.2, 0.25) is 0 Å². The summed E-state index contributed by atoms with van der Waals surface area (Å²) in [6, 6.07) is 4.44. The largest absolute Gasteiger partial charge is 0.513 e. The fourth-order valence-electron chi connectivity index (χ4n) is 1.21. The van der Waals surface area contributed by atoms with Crippen molar-refractivity contribution >= 4 is 6.16 Å². The molecule has 0 aromatic heterocycles. The van der Waals surface area contributed by atoms with Crippen LogP contribution < -0.4 is 9.47 Å². The van der Waals surface area contributed by atoms with Gasteiger partial charge in [-0.3, -0.25) is 0 Å². The maximum Gasteiger partial charge on any atom is 0.513 e. The number of aliphatic hydroxyl groups is 2. The molecule has 1 aromatic rings. The second-order valence-electron chi connectivity index (χ2n) is 3.16. The Morgan fingerprint density at radius 2 is 2.06 bits per heavy atom. The highest BCUT2D eigenvalue weighted by atomic mass is 16.7. The van der Waals surface area contributed by atoms with E-state index in [-0.39, 0.29) is 11.5 Å². The predicted octanol–water partition coefficient (Wildman–Crippen LogP) is 0.866. The van der Waals surface area contributed by atoms with Gasteiger partial charge in [-0.1, -0.05) is 6.07 Å². The van der Waals surface area contributed by atoms with Gasteiger partial charge in [-0.2, -0.15) is 0 Å². The molecule has 0 radical (unpaired) electrons. The van der Waals surface area contributed by atoms with Crippen LogP contribution in [0.25, 0.3) is 0 Å². The highest BCUT2D eigenvalue weighted by Crippen LogP contribution is 2.30. The van der Waals surface area contributed by atoms with Crippen LogP contribution in [0.3, 0.4) is 0 Å². The predicted molar refractivity (Wildman–Crippen MR) is 58.1 cm³/mol. The molecule has 0 saturated carbocycles. The van der Waals surface area contributed by atoms with Crippen LogP contribution in [0.1, 0.15) is 11.7 Å². The fraction of sp³-hybridized carbons (Fsp3) is 0.364. The number of aliphatic hydroxyl groups excluding tert-OH is 2. The van der Waals surface area contributed by atoms with Crippen LogP contribution in [0.5, 0.6) is 11.5 Å². The van der Waals surface area contributed by atoms with Crippen molar-refractivity contribution in [3.63, 3.8) is 0 Å². The van der Waals surface area contributed by atoms with Crippen molar-refractivity contribution in [1.82, 2.24) is 0 Å². The summed E-state index contributed by atoms with van der Waals surface area (Å²) in [4.78, 5) is 10.9. The lowest BCUT2D eigenvalue weighted by Gasteiger charge is -2.12. The molecule has 0 aliphatic heterocycles. The summed E-state index contributed by atoms with van der Waals surface area (Å²) in [7, 11) is 2.59. The van der Waals surface area contributed by atoms with Gasteiger partial charge < -0.3 is 24.4 Å². The van der Waals surface area contributed by atoms with Crippen molar-refractivity contribution in [2.75, 3.05) is 20.8 Å². The van der Waals surface area contributed by atoms with Crippen molar-refractivity contribution < 1.29 is 29.2 Å². The maximum absolute atomic E-state index is 10.9. The molecular weight excluding hydrogens is 228 g/mol. The normalized spacial score (nSPS) is 11.8. The zero-order valence-corrected chi connectivity index (χ0v) is 9.54. The van der Waals surface area contributed by atoms with Crippen molar-refractivity contribution in [1.29, 1.82) is 0 Å². The number of ether oxygens (including phenoxy) is 3. The van der Waals surface area contributed by atoms with Crippen molar-refractivity contribution in [3.8, 4) is 11.5 Å². The van der Waals surface area contributed by atoms with Crippen LogP contribution in [0.2, 0.25) is 0 Å². The van der Waals surface area contributed by atoms with E-state index >= 15 is 0 Å². The average Bonchev–Trinajstić information content (AvgIpc) is 2.37. The second-order valence-corrected chi connectivity index (χ2v) is 3.16. The summed E-state index contributed by atoms with van der Waals surface area (Å²) in [5, 5.41) is 18.2. The van der Waals surface area contributed by atoms with Gasteiger partial charge in [-0.15, -0.1) is 0 Å². The second kappa shape index (κ2) is 6.07. The molecule has 1 aromatic carbocycles. The van der Waals surface area contributed by atoms with E-state index in [0.29, 0.717) is 5.56 Å². The van der Waals surface area contributed by atoms with Gasteiger partial charge in [0.05, 0.1) is 20.8 Å². The van der Waals surface area contributed by atoms with E-state index in [4.69, 9.17) is 14.6 Å². The van der Waals surface area contributed by atoms with Gasteiger partial charge in [-0.05, 0) is 17.7 Å². The molecule has 0 saturated heterocycles. The zero-order valence-electron chi connectivity index (χ0n) is 9.54. The minimum Gasteiger partial charge on any atom is -0.493 e. The average molecular weight is 242 g/mol. The molecule has 1 unspecified atom stereocenters. The molecule has 0 fully saturated rings. The van der Waals surface area contributed by atoms with E-state index in [1.54, 1.807) is 0 Å². The number of benzene rings is 1. The molecule has 0 bridgehead atoms. The molecular formula is C11H14O6. The third kappa shape index (κ3) is 3.33. The highest BCUT2D eigenvalue weighted by molar-refractivity contribution is 5.65. The summed E-state index contributed by atoms with van der Waals surface area (Å²) in [6.07, 6.45) is -1.87. The van der Waals surface area contributed by atoms with Gasteiger partial charge in [0.15, 0.2) is 11.5 Å². The first kappa shape index (κ1) is 13.3. The van der Waals surface area contributed by atoms with Crippen LogP contribution in [0.15, 0.2) is 18.2 Å². The molecule has 2 N–H and O–H groups in total. The molecule has 0 spiro atoms. The van der Waals surface area contributed by atoms with Gasteiger partial charge in [0, 0.05) is 0 Å². The molecule has 94 valence electrons. The van der Waals surface area contributed by atoms with Gasteiger partial charge in [-0.25, -0.2) is 4.79 Å². The van der Waals surface area contributed by atoms with E-state index in [2.05, 4.69) is 4.74 Å². The summed E-state index contributed by atoms with van der Waals surface area (Å²) < 4.78 is 14.2. The first-order chi connectivity index (χ1) is 8.12. The number of hydrogen-bond donors (Lipinski definition) is 2. The minimum atomic E-state index is -1.00. The van der Waals surface area contributed by atoms with E-state index in [1.165, 1.54) is 32.4 Å². The summed E-state index contributed by atoms with van der Waals surface area (Å²) in [5.41, 5.74) is 0.460. The molecule has 6 nitrogen and oxygen atoms in total. The topological polar surface area (TPSA) is 85.2 Å². The summed E-state index contributed by atoms with van der Waals surface area (Å²) in [6.45, 7) is -0.402. The molecule has 6 heteroatoms. The quantitative estimate of drug-likeness (QED) is 0.601. The van der Waals surface area contributed by atoms with Crippen LogP contribution in [-0.2, 0) is 4.74 Å². The van der Waals surface area contributed by atoms with E-state index in [1.807, 2.05) is 0 Å². The maximum atomic E-state index is 10.9. The summed E-state index contributed by atoms with van der Waals surface area (Å²) >= 11 is 0. The van der Waals surface area contributed by atoms with Crippen LogP contribution in [-0.4, -0.2) is 37.2 Å². The van der Waals surface area contributed by atoms with Crippen molar-refractivity contribution in [3.05, 3.63) is 23.8 Å². The number of methoxy groups -OCH3 is 2. The molecule has 1 atom stereocenters. The van der Waals surface area contributed by atoms with Gasteiger partial charge in [0.1, 0.15) is 6.10 Å². The molecule has 0 aliphatic carbocycles. The smallest absolute Gasteiger partial charge is 0.493 e. The van der Waals surface area contributed by atoms with Crippen LogP contribution >= 0.6 is 0 Å². The van der Waals surface area contributed by atoms with E-state index in [9.17, 15) is 9.90 Å². The Bertz CT molecular complexity index is 390. The first-order valence-corrected chi connectivity index (χ1v) is 4.85. The monoisotopic (exact) mass is 242 g/mol. The Kier molecular flexibility index (Phi) is 4.74.